The first-order chi connectivity index (χ1) is 9.55. The molecule has 0 amide bonds. The van der Waals surface area contributed by atoms with Crippen LogP contribution in [-0.2, 0) is 9.09 Å². The summed E-state index contributed by atoms with van der Waals surface area (Å²) in [6, 6.07) is 0. The van der Waals surface area contributed by atoms with Crippen molar-refractivity contribution >= 4 is 7.60 Å². The molecule has 0 fully saturated rings. The van der Waals surface area contributed by atoms with E-state index in [2.05, 4.69) is 10.6 Å². The molecule has 0 bridgehead atoms. The van der Waals surface area contributed by atoms with Crippen molar-refractivity contribution in [1.29, 1.82) is 0 Å². The van der Waals surface area contributed by atoms with Gasteiger partial charge < -0.3 is 20.1 Å². The van der Waals surface area contributed by atoms with Crippen molar-refractivity contribution in [3.8, 4) is 0 Å². The summed E-state index contributed by atoms with van der Waals surface area (Å²) in [7, 11) is 0.335. The average Bonchev–Trinajstić information content (AvgIpc) is 2.39. The van der Waals surface area contributed by atoms with Crippen LogP contribution in [0.3, 0.4) is 0 Å². The van der Waals surface area contributed by atoms with Gasteiger partial charge in [-0.05, 0) is 59.5 Å². The zero-order valence-corrected chi connectivity index (χ0v) is 14.1. The Morgan fingerprint density at radius 3 is 2.10 bits per heavy atom. The Morgan fingerprint density at radius 1 is 1.10 bits per heavy atom. The summed E-state index contributed by atoms with van der Waals surface area (Å²) in [5.74, 6) is 0. The molecule has 0 aliphatic rings. The second kappa shape index (κ2) is 12.7. The first kappa shape index (κ1) is 20.0. The summed E-state index contributed by atoms with van der Waals surface area (Å²) in [6.45, 7) is 5.85. The van der Waals surface area contributed by atoms with Gasteiger partial charge in [0.05, 0.1) is 6.61 Å². The summed E-state index contributed by atoms with van der Waals surface area (Å²) in [5.41, 5.74) is 0. The molecule has 1 unspecified atom stereocenters. The quantitative estimate of drug-likeness (QED) is 0.333. The molecular formula is C13H32N3O3P. The maximum absolute atomic E-state index is 12.0. The molecule has 0 aromatic heterocycles. The average molecular weight is 309 g/mol. The fourth-order valence-corrected chi connectivity index (χ4v) is 3.14. The minimum Gasteiger partial charge on any atom is -0.323 e. The second-order valence-electron chi connectivity index (χ2n) is 5.00. The smallest absolute Gasteiger partial charge is 0.323 e. The van der Waals surface area contributed by atoms with E-state index in [1.54, 1.807) is 0 Å². The lowest BCUT2D eigenvalue weighted by molar-refractivity contribution is 0.221. The minimum atomic E-state index is -3.49. The summed E-state index contributed by atoms with van der Waals surface area (Å²) in [5, 5.41) is 6.19. The predicted molar refractivity (Wildman–Crippen MR) is 84.2 cm³/mol. The van der Waals surface area contributed by atoms with E-state index in [1.165, 1.54) is 0 Å². The highest BCUT2D eigenvalue weighted by atomic mass is 31.2. The number of nitrogens with zero attached hydrogens (tertiary/aromatic N) is 1. The van der Waals surface area contributed by atoms with E-state index in [-0.39, 0.29) is 6.29 Å². The van der Waals surface area contributed by atoms with Gasteiger partial charge in [0.15, 0.2) is 0 Å². The summed E-state index contributed by atoms with van der Waals surface area (Å²) in [4.78, 5) is 11.9. The van der Waals surface area contributed by atoms with Crippen LogP contribution in [0, 0.1) is 0 Å². The topological polar surface area (TPSA) is 73.8 Å². The van der Waals surface area contributed by atoms with E-state index in [4.69, 9.17) is 4.52 Å². The van der Waals surface area contributed by atoms with Crippen molar-refractivity contribution in [2.45, 2.75) is 32.6 Å². The molecule has 1 atom stereocenters. The van der Waals surface area contributed by atoms with Crippen LogP contribution < -0.4 is 10.6 Å². The van der Waals surface area contributed by atoms with E-state index in [0.29, 0.717) is 6.61 Å². The summed E-state index contributed by atoms with van der Waals surface area (Å²) < 4.78 is 17.2. The van der Waals surface area contributed by atoms with Crippen LogP contribution >= 0.6 is 7.60 Å². The predicted octanol–water partition coefficient (Wildman–Crippen LogP) is 1.47. The van der Waals surface area contributed by atoms with Gasteiger partial charge in [0.1, 0.15) is 6.29 Å². The van der Waals surface area contributed by atoms with E-state index in [1.807, 2.05) is 25.9 Å². The maximum atomic E-state index is 12.0. The highest BCUT2D eigenvalue weighted by Gasteiger charge is 2.23. The van der Waals surface area contributed by atoms with Crippen LogP contribution in [0.2, 0.25) is 0 Å². The van der Waals surface area contributed by atoms with E-state index in [0.717, 1.165) is 51.9 Å². The van der Waals surface area contributed by atoms with Gasteiger partial charge in [-0.15, -0.1) is 0 Å². The molecule has 0 heterocycles. The Morgan fingerprint density at radius 2 is 1.65 bits per heavy atom. The summed E-state index contributed by atoms with van der Waals surface area (Å²) in [6.07, 6.45) is 3.85. The van der Waals surface area contributed by atoms with Crippen LogP contribution in [0.4, 0.5) is 0 Å². The monoisotopic (exact) mass is 309 g/mol. The molecule has 3 N–H and O–H groups in total. The number of hydrogen-bond acceptors (Lipinski definition) is 5. The lowest BCUT2D eigenvalue weighted by atomic mass is 10.3. The first-order valence-electron chi connectivity index (χ1n) is 7.53. The Balaban J connectivity index is 4.17. The largest absolute Gasteiger partial charge is 0.341 e. The van der Waals surface area contributed by atoms with Crippen LogP contribution in [-0.4, -0.2) is 63.0 Å². The van der Waals surface area contributed by atoms with Crippen LogP contribution in [0.15, 0.2) is 0 Å². The van der Waals surface area contributed by atoms with Gasteiger partial charge in [0.2, 0.25) is 0 Å². The number of hydrogen-bond donors (Lipinski definition) is 3. The molecule has 20 heavy (non-hydrogen) atoms. The van der Waals surface area contributed by atoms with Gasteiger partial charge in [-0.3, -0.25) is 9.46 Å². The molecule has 0 saturated carbocycles. The molecule has 7 heteroatoms. The minimum absolute atomic E-state index is 0.129. The second-order valence-corrected chi connectivity index (χ2v) is 6.81. The van der Waals surface area contributed by atoms with E-state index in [9.17, 15) is 9.46 Å². The molecule has 0 saturated heterocycles. The van der Waals surface area contributed by atoms with Crippen LogP contribution in [0.1, 0.15) is 32.6 Å². The fraction of sp³-hybridized carbons (Fsp3) is 1.00. The van der Waals surface area contributed by atoms with Crippen molar-refractivity contribution in [1.82, 2.24) is 15.5 Å². The fourth-order valence-electron chi connectivity index (χ4n) is 1.86. The molecule has 0 aliphatic carbocycles. The Hall–Kier alpha value is 0.0300. The molecule has 6 nitrogen and oxygen atoms in total. The van der Waals surface area contributed by atoms with Crippen molar-refractivity contribution in [3.05, 3.63) is 0 Å². The van der Waals surface area contributed by atoms with Crippen molar-refractivity contribution in [3.63, 3.8) is 0 Å². The summed E-state index contributed by atoms with van der Waals surface area (Å²) >= 11 is 0. The molecule has 0 spiro atoms. The third kappa shape index (κ3) is 11.8. The van der Waals surface area contributed by atoms with Gasteiger partial charge in [0.25, 0.3) is 0 Å². The van der Waals surface area contributed by atoms with Gasteiger partial charge in [-0.2, -0.15) is 0 Å². The van der Waals surface area contributed by atoms with Crippen molar-refractivity contribution < 1.29 is 14.0 Å². The highest BCUT2D eigenvalue weighted by Crippen LogP contribution is 2.42. The zero-order chi connectivity index (χ0) is 15.3. The molecule has 0 aromatic rings. The molecule has 122 valence electrons. The zero-order valence-electron chi connectivity index (χ0n) is 13.2. The van der Waals surface area contributed by atoms with Crippen molar-refractivity contribution in [2.75, 3.05) is 53.2 Å². The maximum Gasteiger partial charge on any atom is 0.341 e. The van der Waals surface area contributed by atoms with Gasteiger partial charge in [0, 0.05) is 0 Å². The SMILES string of the molecule is CCCCOP(=O)(O)CN(CCCNC)CCCNC. The van der Waals surface area contributed by atoms with Gasteiger partial charge in [-0.25, -0.2) is 0 Å². The molecule has 0 radical (unpaired) electrons. The molecular weight excluding hydrogens is 277 g/mol. The van der Waals surface area contributed by atoms with Crippen LogP contribution in [0.5, 0.6) is 0 Å². The molecule has 0 aromatic carbocycles. The number of rotatable bonds is 14. The first-order valence-corrected chi connectivity index (χ1v) is 9.30. The van der Waals surface area contributed by atoms with Gasteiger partial charge in [-0.1, -0.05) is 13.3 Å². The van der Waals surface area contributed by atoms with E-state index < -0.39 is 7.60 Å². The number of nitrogens with one attached hydrogen (secondary N) is 2. The Kier molecular flexibility index (Phi) is 12.8. The third-order valence-corrected chi connectivity index (χ3v) is 4.32. The van der Waals surface area contributed by atoms with Crippen LogP contribution in [0.25, 0.3) is 0 Å². The van der Waals surface area contributed by atoms with E-state index >= 15 is 0 Å². The highest BCUT2D eigenvalue weighted by molar-refractivity contribution is 7.52. The lowest BCUT2D eigenvalue weighted by Crippen LogP contribution is -2.31. The molecule has 0 rings (SSSR count). The number of unbranched alkanes of at least 4 members (excludes halogenated alkanes) is 1. The van der Waals surface area contributed by atoms with Crippen molar-refractivity contribution in [2.24, 2.45) is 0 Å². The molecule has 0 aliphatic heterocycles. The lowest BCUT2D eigenvalue weighted by Gasteiger charge is -2.24. The van der Waals surface area contributed by atoms with Gasteiger partial charge >= 0.3 is 7.60 Å². The normalized spacial score (nSPS) is 14.7. The third-order valence-electron chi connectivity index (χ3n) is 2.97. The Bertz CT molecular complexity index is 257. The standard InChI is InChI=1S/C13H32N3O3P/c1-4-5-12-19-20(17,18)13-16(10-6-8-14-2)11-7-9-15-3/h14-15H,4-13H2,1-3H3,(H,17,18). The Labute approximate surface area is 123 Å².